The van der Waals surface area contributed by atoms with Crippen molar-refractivity contribution in [3.05, 3.63) is 23.2 Å². The normalized spacial score (nSPS) is 38.0. The minimum atomic E-state index is -0.157. The van der Waals surface area contributed by atoms with E-state index in [0.717, 1.165) is 17.6 Å². The summed E-state index contributed by atoms with van der Waals surface area (Å²) in [4.78, 5) is 12.5. The van der Waals surface area contributed by atoms with Crippen LogP contribution < -0.4 is 5.32 Å². The summed E-state index contributed by atoms with van der Waals surface area (Å²) >= 11 is 0. The van der Waals surface area contributed by atoms with Crippen LogP contribution >= 0.6 is 0 Å². The molecule has 1 heterocycles. The molecule has 126 valence electrons. The maximum absolute atomic E-state index is 12.5. The molecule has 4 aliphatic rings. The number of furan rings is 1. The number of aryl methyl sites for hydroxylation is 2. The van der Waals surface area contributed by atoms with Gasteiger partial charge in [0.2, 0.25) is 0 Å². The van der Waals surface area contributed by atoms with Gasteiger partial charge in [0, 0.05) is 13.7 Å². The Balaban J connectivity index is 1.50. The predicted molar refractivity (Wildman–Crippen MR) is 87.3 cm³/mol. The van der Waals surface area contributed by atoms with Crippen LogP contribution in [0.2, 0.25) is 0 Å². The summed E-state index contributed by atoms with van der Waals surface area (Å²) in [6.45, 7) is 4.34. The molecular formula is C19H27NO3. The lowest BCUT2D eigenvalue weighted by molar-refractivity contribution is -0.186. The number of hydrogen-bond donors (Lipinski definition) is 1. The second kappa shape index (κ2) is 5.37. The molecule has 5 rings (SSSR count). The van der Waals surface area contributed by atoms with Crippen LogP contribution in [-0.2, 0) is 4.74 Å². The first-order valence-electron chi connectivity index (χ1n) is 8.92. The quantitative estimate of drug-likeness (QED) is 0.925. The second-order valence-corrected chi connectivity index (χ2v) is 7.97. The van der Waals surface area contributed by atoms with Gasteiger partial charge in [-0.2, -0.15) is 0 Å². The van der Waals surface area contributed by atoms with Gasteiger partial charge in [-0.15, -0.1) is 0 Å². The van der Waals surface area contributed by atoms with Gasteiger partial charge in [-0.25, -0.2) is 0 Å². The lowest BCUT2D eigenvalue weighted by Crippen LogP contribution is -2.63. The Morgan fingerprint density at radius 3 is 2.30 bits per heavy atom. The van der Waals surface area contributed by atoms with Gasteiger partial charge >= 0.3 is 0 Å². The number of methoxy groups -OCH3 is 1. The van der Waals surface area contributed by atoms with Crippen LogP contribution in [0.4, 0.5) is 0 Å². The zero-order valence-electron chi connectivity index (χ0n) is 14.4. The molecule has 0 aromatic carbocycles. The Morgan fingerprint density at radius 1 is 1.22 bits per heavy atom. The van der Waals surface area contributed by atoms with Crippen LogP contribution in [0, 0.1) is 37.5 Å². The number of carbonyl (C=O) groups is 1. The summed E-state index contributed by atoms with van der Waals surface area (Å²) in [5.74, 6) is 4.45. The number of ether oxygens (including phenoxy) is 1. The molecule has 0 spiro atoms. The van der Waals surface area contributed by atoms with Crippen LogP contribution in [0.15, 0.2) is 10.5 Å². The molecule has 4 bridgehead atoms. The zero-order valence-corrected chi connectivity index (χ0v) is 14.4. The second-order valence-electron chi connectivity index (χ2n) is 7.97. The molecule has 1 N–H and O–H groups in total. The number of amides is 1. The number of hydrogen-bond acceptors (Lipinski definition) is 3. The van der Waals surface area contributed by atoms with Crippen LogP contribution in [0.5, 0.6) is 0 Å². The molecule has 0 aliphatic heterocycles. The Kier molecular flexibility index (Phi) is 3.56. The van der Waals surface area contributed by atoms with Crippen LogP contribution in [0.1, 0.15) is 54.0 Å². The SMILES string of the molecule is COC1(CNC(=O)c2cc(C)oc2C)C2CC3CC(C2)CC1C3. The fraction of sp³-hybridized carbons (Fsp3) is 0.737. The van der Waals surface area contributed by atoms with E-state index in [4.69, 9.17) is 9.15 Å². The van der Waals surface area contributed by atoms with Gasteiger partial charge in [0.05, 0.1) is 11.2 Å². The van der Waals surface area contributed by atoms with Crippen molar-refractivity contribution < 1.29 is 13.9 Å². The van der Waals surface area contributed by atoms with Crippen molar-refractivity contribution in [1.82, 2.24) is 5.32 Å². The monoisotopic (exact) mass is 317 g/mol. The average Bonchev–Trinajstić information content (AvgIpc) is 2.85. The minimum Gasteiger partial charge on any atom is -0.466 e. The summed E-state index contributed by atoms with van der Waals surface area (Å²) in [6, 6.07) is 1.82. The molecule has 0 saturated heterocycles. The van der Waals surface area contributed by atoms with Crippen molar-refractivity contribution in [1.29, 1.82) is 0 Å². The van der Waals surface area contributed by atoms with E-state index in [-0.39, 0.29) is 11.5 Å². The highest BCUT2D eigenvalue weighted by atomic mass is 16.5. The van der Waals surface area contributed by atoms with Crippen molar-refractivity contribution in [3.8, 4) is 0 Å². The van der Waals surface area contributed by atoms with Gasteiger partial charge in [-0.05, 0) is 75.7 Å². The van der Waals surface area contributed by atoms with Gasteiger partial charge in [0.1, 0.15) is 11.5 Å². The molecule has 1 aromatic rings. The lowest BCUT2D eigenvalue weighted by Gasteiger charge is -2.60. The third kappa shape index (κ3) is 2.34. The maximum atomic E-state index is 12.5. The molecule has 23 heavy (non-hydrogen) atoms. The summed E-state index contributed by atoms with van der Waals surface area (Å²) < 4.78 is 11.6. The van der Waals surface area contributed by atoms with Crippen molar-refractivity contribution >= 4 is 5.91 Å². The Bertz CT molecular complexity index is 590. The standard InChI is InChI=1S/C19H27NO3/c1-11-4-17(12(2)23-11)18(21)20-10-19(22-3)15-6-13-5-14(8-15)9-16(19)7-13/h4,13-16H,5-10H2,1-3H3,(H,20,21). The van der Waals surface area contributed by atoms with Crippen LogP contribution in [0.25, 0.3) is 0 Å². The molecule has 1 amide bonds. The van der Waals surface area contributed by atoms with Gasteiger partial charge in [-0.1, -0.05) is 0 Å². The van der Waals surface area contributed by atoms with Crippen LogP contribution in [0.3, 0.4) is 0 Å². The third-order valence-electron chi connectivity index (χ3n) is 6.71. The van der Waals surface area contributed by atoms with E-state index in [0.29, 0.717) is 29.7 Å². The predicted octanol–water partition coefficient (Wildman–Crippen LogP) is 3.47. The van der Waals surface area contributed by atoms with Crippen LogP contribution in [-0.4, -0.2) is 25.2 Å². The van der Waals surface area contributed by atoms with Crippen molar-refractivity contribution in [2.45, 2.75) is 51.6 Å². The minimum absolute atomic E-state index is 0.0374. The number of carbonyl (C=O) groups excluding carboxylic acids is 1. The molecule has 0 atom stereocenters. The third-order valence-corrected chi connectivity index (χ3v) is 6.71. The number of rotatable bonds is 4. The lowest BCUT2D eigenvalue weighted by atomic mass is 9.49. The summed E-state index contributed by atoms with van der Waals surface area (Å²) in [7, 11) is 1.83. The van der Waals surface area contributed by atoms with Gasteiger partial charge in [0.15, 0.2) is 0 Å². The van der Waals surface area contributed by atoms with Crippen molar-refractivity contribution in [2.24, 2.45) is 23.7 Å². The molecule has 4 nitrogen and oxygen atoms in total. The molecule has 0 unspecified atom stereocenters. The van der Waals surface area contributed by atoms with E-state index in [2.05, 4.69) is 5.32 Å². The van der Waals surface area contributed by atoms with Gasteiger partial charge in [0.25, 0.3) is 5.91 Å². The first-order valence-corrected chi connectivity index (χ1v) is 8.92. The molecule has 4 aliphatic carbocycles. The summed E-state index contributed by atoms with van der Waals surface area (Å²) in [5.41, 5.74) is 0.494. The van der Waals surface area contributed by atoms with Gasteiger partial charge in [-0.3, -0.25) is 4.79 Å². The van der Waals surface area contributed by atoms with Gasteiger partial charge < -0.3 is 14.5 Å². The first-order chi connectivity index (χ1) is 11.0. The van der Waals surface area contributed by atoms with E-state index in [1.165, 1.54) is 32.1 Å². The molecule has 4 saturated carbocycles. The summed E-state index contributed by atoms with van der Waals surface area (Å²) in [5, 5.41) is 3.15. The maximum Gasteiger partial charge on any atom is 0.254 e. The summed E-state index contributed by atoms with van der Waals surface area (Å²) in [6.07, 6.45) is 6.54. The fourth-order valence-electron chi connectivity index (χ4n) is 5.85. The van der Waals surface area contributed by atoms with E-state index < -0.39 is 0 Å². The Hall–Kier alpha value is -1.29. The zero-order chi connectivity index (χ0) is 16.2. The van der Waals surface area contributed by atoms with E-state index in [1.54, 1.807) is 0 Å². The average molecular weight is 317 g/mol. The van der Waals surface area contributed by atoms with E-state index >= 15 is 0 Å². The first kappa shape index (κ1) is 15.3. The molecular weight excluding hydrogens is 290 g/mol. The van der Waals surface area contributed by atoms with E-state index in [9.17, 15) is 4.79 Å². The molecule has 4 heteroatoms. The smallest absolute Gasteiger partial charge is 0.254 e. The molecule has 0 radical (unpaired) electrons. The highest BCUT2D eigenvalue weighted by Crippen LogP contribution is 2.59. The highest BCUT2D eigenvalue weighted by Gasteiger charge is 2.57. The van der Waals surface area contributed by atoms with Crippen molar-refractivity contribution in [2.75, 3.05) is 13.7 Å². The molecule has 1 aromatic heterocycles. The number of nitrogens with one attached hydrogen (secondary N) is 1. The Morgan fingerprint density at radius 2 is 1.83 bits per heavy atom. The van der Waals surface area contributed by atoms with Crippen molar-refractivity contribution in [3.63, 3.8) is 0 Å². The highest BCUT2D eigenvalue weighted by molar-refractivity contribution is 5.95. The molecule has 4 fully saturated rings. The van der Waals surface area contributed by atoms with E-state index in [1.807, 2.05) is 27.0 Å². The fourth-order valence-corrected chi connectivity index (χ4v) is 5.85. The topological polar surface area (TPSA) is 51.5 Å². The largest absolute Gasteiger partial charge is 0.466 e. The Labute approximate surface area is 138 Å².